The van der Waals surface area contributed by atoms with E-state index >= 15 is 0 Å². The van der Waals surface area contributed by atoms with Gasteiger partial charge in [0.2, 0.25) is 0 Å². The Morgan fingerprint density at radius 2 is 1.43 bits per heavy atom. The fraction of sp³-hybridized carbons (Fsp3) is 0.455. The summed E-state index contributed by atoms with van der Waals surface area (Å²) in [6, 6.07) is 16.0. The molecule has 2 aromatic rings. The molecule has 0 bridgehead atoms. The summed E-state index contributed by atoms with van der Waals surface area (Å²) in [5.74, 6) is 1.60. The third-order valence-corrected chi connectivity index (χ3v) is 6.24. The highest BCUT2D eigenvalue weighted by Gasteiger charge is 2.68. The summed E-state index contributed by atoms with van der Waals surface area (Å²) in [6.07, 6.45) is -0.631. The normalized spacial score (nSPS) is 36.5. The zero-order valence-electron chi connectivity index (χ0n) is 16.5. The largest absolute Gasteiger partial charge is 0.497 e. The average molecular weight is 383 g/mol. The van der Waals surface area contributed by atoms with Crippen LogP contribution in [0, 0.1) is 0 Å². The first-order valence-electron chi connectivity index (χ1n) is 9.53. The Kier molecular flexibility index (Phi) is 3.97. The van der Waals surface area contributed by atoms with Crippen molar-refractivity contribution in [2.24, 2.45) is 0 Å². The maximum Gasteiger partial charge on any atom is 0.149 e. The fourth-order valence-corrected chi connectivity index (χ4v) is 4.68. The summed E-state index contributed by atoms with van der Waals surface area (Å²) < 4.78 is 30.2. The van der Waals surface area contributed by atoms with Crippen LogP contribution in [0.1, 0.15) is 25.0 Å². The van der Waals surface area contributed by atoms with Crippen LogP contribution in [0.3, 0.4) is 0 Å². The van der Waals surface area contributed by atoms with Gasteiger partial charge < -0.3 is 23.7 Å². The second kappa shape index (κ2) is 6.19. The molecule has 148 valence electrons. The smallest absolute Gasteiger partial charge is 0.149 e. The number of hydrogen-bond acceptors (Lipinski definition) is 6. The van der Waals surface area contributed by atoms with Gasteiger partial charge in [-0.3, -0.25) is 0 Å². The zero-order chi connectivity index (χ0) is 19.5. The topological polar surface area (TPSA) is 49.4 Å². The molecule has 5 atom stereocenters. The Morgan fingerprint density at radius 1 is 0.857 bits per heavy atom. The van der Waals surface area contributed by atoms with E-state index in [9.17, 15) is 0 Å². The minimum Gasteiger partial charge on any atom is -0.497 e. The van der Waals surface area contributed by atoms with Crippen LogP contribution in [0.5, 0.6) is 11.5 Å². The summed E-state index contributed by atoms with van der Waals surface area (Å²) in [7, 11) is 3.34. The Morgan fingerprint density at radius 3 is 2.00 bits per heavy atom. The molecule has 3 aliphatic rings. The third kappa shape index (κ3) is 2.35. The molecule has 0 unspecified atom stereocenters. The average Bonchev–Trinajstić information content (AvgIpc) is 3.36. The number of rotatable bonds is 4. The summed E-state index contributed by atoms with van der Waals surface area (Å²) in [6.45, 7) is 4.68. The molecule has 6 heteroatoms. The predicted molar refractivity (Wildman–Crippen MR) is 102 cm³/mol. The summed E-state index contributed by atoms with van der Waals surface area (Å²) in [5, 5.41) is 0. The van der Waals surface area contributed by atoms with Gasteiger partial charge in [-0.15, -0.1) is 0 Å². The van der Waals surface area contributed by atoms with Gasteiger partial charge in [0.15, 0.2) is 0 Å². The molecule has 0 radical (unpaired) electrons. The first-order chi connectivity index (χ1) is 13.5. The summed E-state index contributed by atoms with van der Waals surface area (Å²) in [4.78, 5) is 2.22. The van der Waals surface area contributed by atoms with Gasteiger partial charge in [0.05, 0.1) is 20.8 Å². The maximum atomic E-state index is 6.72. The number of nitrogens with zero attached hydrogens (tertiary/aromatic N) is 1. The van der Waals surface area contributed by atoms with Crippen molar-refractivity contribution >= 4 is 0 Å². The highest BCUT2D eigenvalue weighted by Crippen LogP contribution is 2.56. The van der Waals surface area contributed by atoms with E-state index in [1.54, 1.807) is 14.2 Å². The molecule has 6 nitrogen and oxygen atoms in total. The molecule has 3 saturated heterocycles. The minimum absolute atomic E-state index is 0.140. The minimum atomic E-state index is -0.627. The van der Waals surface area contributed by atoms with Crippen LogP contribution in [0.2, 0.25) is 0 Å². The van der Waals surface area contributed by atoms with E-state index in [1.165, 1.54) is 0 Å². The third-order valence-electron chi connectivity index (χ3n) is 6.24. The Labute approximate surface area is 164 Å². The molecule has 3 heterocycles. The van der Waals surface area contributed by atoms with E-state index in [2.05, 4.69) is 30.9 Å². The van der Waals surface area contributed by atoms with E-state index in [0.717, 1.165) is 22.6 Å². The van der Waals surface area contributed by atoms with Gasteiger partial charge in [0, 0.05) is 0 Å². The van der Waals surface area contributed by atoms with Crippen molar-refractivity contribution in [3.8, 4) is 11.5 Å². The lowest BCUT2D eigenvalue weighted by Crippen LogP contribution is -2.40. The molecule has 5 rings (SSSR count). The summed E-state index contributed by atoms with van der Waals surface area (Å²) in [5.41, 5.74) is 0.801. The lowest BCUT2D eigenvalue weighted by molar-refractivity contribution is -0.138. The van der Waals surface area contributed by atoms with Gasteiger partial charge in [-0.25, -0.2) is 4.90 Å². The Hall–Kier alpha value is -2.12. The predicted octanol–water partition coefficient (Wildman–Crippen LogP) is 3.21. The SMILES string of the molecule is COc1cccc([C@]2(C)O[C@H]3CO[C@@H]4N3[C@H]2O[C@@]4(C)c2cccc(OC)c2)c1. The van der Waals surface area contributed by atoms with Crippen LogP contribution >= 0.6 is 0 Å². The lowest BCUT2D eigenvalue weighted by Gasteiger charge is -2.33. The van der Waals surface area contributed by atoms with Crippen LogP contribution in [0.4, 0.5) is 0 Å². The molecule has 3 fully saturated rings. The molecule has 3 aliphatic heterocycles. The molecular weight excluding hydrogens is 358 g/mol. The highest BCUT2D eigenvalue weighted by molar-refractivity contribution is 5.37. The van der Waals surface area contributed by atoms with Crippen LogP contribution < -0.4 is 9.47 Å². The van der Waals surface area contributed by atoms with E-state index < -0.39 is 11.2 Å². The fourth-order valence-electron chi connectivity index (χ4n) is 4.68. The zero-order valence-corrected chi connectivity index (χ0v) is 16.5. The Bertz CT molecular complexity index is 857. The number of benzene rings is 2. The summed E-state index contributed by atoms with van der Waals surface area (Å²) >= 11 is 0. The molecule has 28 heavy (non-hydrogen) atoms. The van der Waals surface area contributed by atoms with Crippen molar-refractivity contribution in [1.82, 2.24) is 4.90 Å². The van der Waals surface area contributed by atoms with Gasteiger partial charge in [-0.2, -0.15) is 0 Å². The molecule has 0 saturated carbocycles. The van der Waals surface area contributed by atoms with Crippen LogP contribution in [0.15, 0.2) is 48.5 Å². The standard InChI is InChI=1S/C22H25NO5/c1-21(14-7-5-9-16(11-14)24-3)19-23-18(13-26-19)27-22(2,20(23)28-21)15-8-6-10-17(12-15)25-4/h5-12,18-20H,13H2,1-4H3/t18-,19-,20-,21-,22-/m0/s1. The van der Waals surface area contributed by atoms with Crippen molar-refractivity contribution in [3.63, 3.8) is 0 Å². The highest BCUT2D eigenvalue weighted by atomic mass is 16.7. The monoisotopic (exact) mass is 383 g/mol. The first-order valence-corrected chi connectivity index (χ1v) is 9.53. The number of ether oxygens (including phenoxy) is 5. The van der Waals surface area contributed by atoms with E-state index in [-0.39, 0.29) is 18.7 Å². The van der Waals surface area contributed by atoms with Crippen molar-refractivity contribution in [2.45, 2.75) is 43.7 Å². The van der Waals surface area contributed by atoms with Gasteiger partial charge in [-0.05, 0) is 49.2 Å². The Balaban J connectivity index is 1.56. The van der Waals surface area contributed by atoms with Crippen LogP contribution in [-0.2, 0) is 25.4 Å². The number of hydrogen-bond donors (Lipinski definition) is 0. The first kappa shape index (κ1) is 17.9. The van der Waals surface area contributed by atoms with E-state index in [4.69, 9.17) is 23.7 Å². The molecule has 0 spiro atoms. The molecular formula is C22H25NO5. The van der Waals surface area contributed by atoms with Crippen molar-refractivity contribution in [2.75, 3.05) is 20.8 Å². The lowest BCUT2D eigenvalue weighted by atomic mass is 9.93. The molecule has 0 amide bonds. The molecule has 0 aliphatic carbocycles. The second-order valence-electron chi connectivity index (χ2n) is 7.85. The van der Waals surface area contributed by atoms with Gasteiger partial charge in [0.25, 0.3) is 0 Å². The maximum absolute atomic E-state index is 6.72. The van der Waals surface area contributed by atoms with Crippen LogP contribution in [0.25, 0.3) is 0 Å². The van der Waals surface area contributed by atoms with E-state index in [0.29, 0.717) is 6.61 Å². The number of methoxy groups -OCH3 is 2. The van der Waals surface area contributed by atoms with E-state index in [1.807, 2.05) is 36.4 Å². The molecule has 2 aromatic carbocycles. The van der Waals surface area contributed by atoms with Crippen LogP contribution in [-0.4, -0.2) is 44.4 Å². The van der Waals surface area contributed by atoms with Gasteiger partial charge in [-0.1, -0.05) is 24.3 Å². The van der Waals surface area contributed by atoms with Gasteiger partial charge in [0.1, 0.15) is 41.4 Å². The second-order valence-corrected chi connectivity index (χ2v) is 7.85. The quantitative estimate of drug-likeness (QED) is 0.808. The van der Waals surface area contributed by atoms with Gasteiger partial charge >= 0.3 is 0 Å². The molecule has 0 N–H and O–H groups in total. The molecule has 0 aromatic heterocycles. The van der Waals surface area contributed by atoms with Crippen molar-refractivity contribution in [3.05, 3.63) is 59.7 Å². The van der Waals surface area contributed by atoms with Crippen molar-refractivity contribution < 1.29 is 23.7 Å². The van der Waals surface area contributed by atoms with Crippen molar-refractivity contribution in [1.29, 1.82) is 0 Å².